The fourth-order valence-electron chi connectivity index (χ4n) is 2.74. The second kappa shape index (κ2) is 7.57. The molecule has 3 rings (SSSR count). The Hall–Kier alpha value is -3.22. The molecule has 0 radical (unpaired) electrons. The van der Waals surface area contributed by atoms with Gasteiger partial charge >= 0.3 is 12.1 Å². The molecule has 0 saturated carbocycles. The highest BCUT2D eigenvalue weighted by Gasteiger charge is 2.32. The van der Waals surface area contributed by atoms with E-state index < -0.39 is 23.9 Å². The number of carbonyl (C=O) groups is 2. The molecular weight excluding hydrogens is 350 g/mol. The smallest absolute Gasteiger partial charge is 0.408 e. The van der Waals surface area contributed by atoms with Crippen LogP contribution >= 0.6 is 0 Å². The van der Waals surface area contributed by atoms with Crippen LogP contribution in [0.1, 0.15) is 25.0 Å². The van der Waals surface area contributed by atoms with Gasteiger partial charge in [-0.05, 0) is 23.3 Å². The number of alkyl carbamates (subject to hydrolysis) is 1. The van der Waals surface area contributed by atoms with E-state index in [2.05, 4.69) is 5.32 Å². The van der Waals surface area contributed by atoms with Gasteiger partial charge in [0.15, 0.2) is 11.5 Å². The Morgan fingerprint density at radius 3 is 2.48 bits per heavy atom. The Bertz CT molecular complexity index is 834. The van der Waals surface area contributed by atoms with Crippen molar-refractivity contribution in [1.29, 1.82) is 0 Å². The Labute approximate surface area is 156 Å². The van der Waals surface area contributed by atoms with Gasteiger partial charge in [0.1, 0.15) is 12.6 Å². The van der Waals surface area contributed by atoms with Gasteiger partial charge in [0.05, 0.1) is 0 Å². The first-order chi connectivity index (χ1) is 12.8. The molecule has 2 aromatic rings. The van der Waals surface area contributed by atoms with E-state index in [0.29, 0.717) is 17.1 Å². The molecule has 1 aliphatic heterocycles. The summed E-state index contributed by atoms with van der Waals surface area (Å²) in [4.78, 5) is 23.5. The molecule has 0 unspecified atom stereocenters. The zero-order valence-electron chi connectivity index (χ0n) is 15.1. The van der Waals surface area contributed by atoms with Gasteiger partial charge < -0.3 is 24.6 Å². The molecule has 0 aliphatic carbocycles. The summed E-state index contributed by atoms with van der Waals surface area (Å²) in [6.07, 6.45) is -0.694. The lowest BCUT2D eigenvalue weighted by atomic mass is 10.1. The number of ether oxygens (including phenoxy) is 3. The van der Waals surface area contributed by atoms with Gasteiger partial charge in [-0.25, -0.2) is 9.59 Å². The Morgan fingerprint density at radius 1 is 1.07 bits per heavy atom. The maximum atomic E-state index is 12.0. The summed E-state index contributed by atoms with van der Waals surface area (Å²) in [7, 11) is 0. The van der Waals surface area contributed by atoms with Crippen LogP contribution in [-0.2, 0) is 22.6 Å². The normalized spacial score (nSPS) is 15.0. The van der Waals surface area contributed by atoms with E-state index in [1.165, 1.54) is 0 Å². The number of carboxylic acid groups (broad SMARTS) is 1. The number of carboxylic acids is 1. The second-order valence-electron chi connectivity index (χ2n) is 6.69. The minimum Gasteiger partial charge on any atom is -0.480 e. The molecular formula is C20H21NO6. The van der Waals surface area contributed by atoms with E-state index in [4.69, 9.17) is 14.2 Å². The predicted octanol–water partition coefficient (Wildman–Crippen LogP) is 3.12. The fraction of sp³-hybridized carbons (Fsp3) is 0.300. The van der Waals surface area contributed by atoms with Gasteiger partial charge in [0.2, 0.25) is 5.79 Å². The van der Waals surface area contributed by atoms with E-state index >= 15 is 0 Å². The maximum Gasteiger partial charge on any atom is 0.408 e. The van der Waals surface area contributed by atoms with Crippen LogP contribution in [0.15, 0.2) is 48.5 Å². The third-order valence-electron chi connectivity index (χ3n) is 3.96. The summed E-state index contributed by atoms with van der Waals surface area (Å²) in [5.41, 5.74) is 1.52. The van der Waals surface area contributed by atoms with Crippen molar-refractivity contribution in [1.82, 2.24) is 5.32 Å². The maximum absolute atomic E-state index is 12.0. The van der Waals surface area contributed by atoms with Crippen molar-refractivity contribution in [2.75, 3.05) is 0 Å². The third-order valence-corrected chi connectivity index (χ3v) is 3.96. The number of aliphatic carboxylic acids is 1. The van der Waals surface area contributed by atoms with Gasteiger partial charge in [-0.1, -0.05) is 36.4 Å². The molecule has 1 amide bonds. The first kappa shape index (κ1) is 18.6. The standard InChI is InChI=1S/C20H21NO6/c1-20(2)26-16-9-8-14(11-17(16)27-20)10-15(18(22)23)21-19(24)25-12-13-6-4-3-5-7-13/h3-9,11,15H,10,12H2,1-2H3,(H,21,24)(H,22,23)/t15-/m0/s1. The van der Waals surface area contributed by atoms with Crippen LogP contribution in [0.3, 0.4) is 0 Å². The minimum absolute atomic E-state index is 0.0676. The SMILES string of the molecule is CC1(C)Oc2ccc(C[C@H](NC(=O)OCc3ccccc3)C(=O)O)cc2O1. The van der Waals surface area contributed by atoms with Gasteiger partial charge in [-0.3, -0.25) is 0 Å². The number of carbonyl (C=O) groups excluding carboxylic acids is 1. The topological polar surface area (TPSA) is 94.1 Å². The van der Waals surface area contributed by atoms with Crippen molar-refractivity contribution >= 4 is 12.1 Å². The largest absolute Gasteiger partial charge is 0.480 e. The van der Waals surface area contributed by atoms with Crippen molar-refractivity contribution in [3.63, 3.8) is 0 Å². The van der Waals surface area contributed by atoms with Crippen LogP contribution in [0.5, 0.6) is 11.5 Å². The molecule has 1 heterocycles. The monoisotopic (exact) mass is 371 g/mol. The quantitative estimate of drug-likeness (QED) is 0.810. The molecule has 2 aromatic carbocycles. The minimum atomic E-state index is -1.15. The predicted molar refractivity (Wildman–Crippen MR) is 96.7 cm³/mol. The first-order valence-electron chi connectivity index (χ1n) is 8.53. The van der Waals surface area contributed by atoms with E-state index in [1.54, 1.807) is 32.0 Å². The van der Waals surface area contributed by atoms with Gasteiger partial charge in [-0.2, -0.15) is 0 Å². The lowest BCUT2D eigenvalue weighted by Gasteiger charge is -2.16. The summed E-state index contributed by atoms with van der Waals surface area (Å²) in [6, 6.07) is 13.2. The van der Waals surface area contributed by atoms with E-state index in [0.717, 1.165) is 5.56 Å². The van der Waals surface area contributed by atoms with Crippen LogP contribution in [0, 0.1) is 0 Å². The summed E-state index contributed by atoms with van der Waals surface area (Å²) in [5.74, 6) is -0.754. The number of hydrogen-bond acceptors (Lipinski definition) is 5. The molecule has 0 saturated heterocycles. The lowest BCUT2D eigenvalue weighted by Crippen LogP contribution is -2.42. The van der Waals surface area contributed by atoms with Gasteiger partial charge in [0, 0.05) is 20.3 Å². The highest BCUT2D eigenvalue weighted by atomic mass is 16.7. The number of rotatable bonds is 6. The number of nitrogens with one attached hydrogen (secondary N) is 1. The summed E-state index contributed by atoms with van der Waals surface area (Å²) in [5, 5.41) is 11.8. The molecule has 2 N–H and O–H groups in total. The number of benzene rings is 2. The van der Waals surface area contributed by atoms with Crippen LogP contribution in [-0.4, -0.2) is 29.0 Å². The van der Waals surface area contributed by atoms with E-state index in [9.17, 15) is 14.7 Å². The Balaban J connectivity index is 1.60. The molecule has 0 aromatic heterocycles. The van der Waals surface area contributed by atoms with Crippen molar-refractivity contribution in [2.24, 2.45) is 0 Å². The van der Waals surface area contributed by atoms with Crippen LogP contribution in [0.2, 0.25) is 0 Å². The zero-order valence-corrected chi connectivity index (χ0v) is 15.1. The Kier molecular flexibility index (Phi) is 5.21. The summed E-state index contributed by atoms with van der Waals surface area (Å²) < 4.78 is 16.4. The molecule has 27 heavy (non-hydrogen) atoms. The molecule has 1 aliphatic rings. The van der Waals surface area contributed by atoms with Crippen LogP contribution in [0.25, 0.3) is 0 Å². The lowest BCUT2D eigenvalue weighted by molar-refractivity contribution is -0.139. The van der Waals surface area contributed by atoms with Crippen molar-refractivity contribution < 1.29 is 28.9 Å². The highest BCUT2D eigenvalue weighted by Crippen LogP contribution is 2.39. The summed E-state index contributed by atoms with van der Waals surface area (Å²) in [6.45, 7) is 3.65. The first-order valence-corrected chi connectivity index (χ1v) is 8.53. The Morgan fingerprint density at radius 2 is 1.78 bits per heavy atom. The van der Waals surface area contributed by atoms with E-state index in [-0.39, 0.29) is 13.0 Å². The van der Waals surface area contributed by atoms with E-state index in [1.807, 2.05) is 30.3 Å². The average Bonchev–Trinajstić information content (AvgIpc) is 2.93. The van der Waals surface area contributed by atoms with Crippen molar-refractivity contribution in [3.05, 3.63) is 59.7 Å². The van der Waals surface area contributed by atoms with Crippen molar-refractivity contribution in [2.45, 2.75) is 38.7 Å². The number of hydrogen-bond donors (Lipinski definition) is 2. The summed E-state index contributed by atoms with van der Waals surface area (Å²) >= 11 is 0. The molecule has 142 valence electrons. The third kappa shape index (κ3) is 4.91. The second-order valence-corrected chi connectivity index (χ2v) is 6.69. The van der Waals surface area contributed by atoms with Crippen molar-refractivity contribution in [3.8, 4) is 11.5 Å². The molecule has 0 fully saturated rings. The van der Waals surface area contributed by atoms with Crippen LogP contribution in [0.4, 0.5) is 4.79 Å². The highest BCUT2D eigenvalue weighted by molar-refractivity contribution is 5.80. The molecule has 1 atom stereocenters. The zero-order chi connectivity index (χ0) is 19.4. The fourth-order valence-corrected chi connectivity index (χ4v) is 2.74. The molecule has 7 heteroatoms. The molecule has 0 bridgehead atoms. The van der Waals surface area contributed by atoms with Crippen LogP contribution < -0.4 is 14.8 Å². The molecule has 7 nitrogen and oxygen atoms in total. The average molecular weight is 371 g/mol. The number of fused-ring (bicyclic) bond motifs is 1. The van der Waals surface area contributed by atoms with Gasteiger partial charge in [-0.15, -0.1) is 0 Å². The number of amides is 1. The van der Waals surface area contributed by atoms with Gasteiger partial charge in [0.25, 0.3) is 0 Å². The molecule has 0 spiro atoms.